The van der Waals surface area contributed by atoms with Crippen molar-refractivity contribution in [3.63, 3.8) is 0 Å². The van der Waals surface area contributed by atoms with Gasteiger partial charge >= 0.3 is 0 Å². The highest BCUT2D eigenvalue weighted by molar-refractivity contribution is 7.89. The first-order valence-electron chi connectivity index (χ1n) is 11.7. The molecule has 2 heterocycles. The number of fused-ring (bicyclic) bond motifs is 1. The first-order valence-corrected chi connectivity index (χ1v) is 13.2. The van der Waals surface area contributed by atoms with E-state index < -0.39 is 10.0 Å². The zero-order valence-corrected chi connectivity index (χ0v) is 20.6. The molecule has 2 atom stereocenters. The van der Waals surface area contributed by atoms with Gasteiger partial charge in [0.2, 0.25) is 10.0 Å². The minimum Gasteiger partial charge on any atom is -0.355 e. The maximum atomic E-state index is 13.5. The second kappa shape index (κ2) is 9.43. The lowest BCUT2D eigenvalue weighted by Gasteiger charge is -2.34. The van der Waals surface area contributed by atoms with E-state index in [4.69, 9.17) is 5.10 Å². The molecule has 0 saturated carbocycles. The number of nitrogens with zero attached hydrogens (tertiary/aromatic N) is 4. The van der Waals surface area contributed by atoms with Gasteiger partial charge < -0.3 is 4.90 Å². The summed E-state index contributed by atoms with van der Waals surface area (Å²) in [5.41, 5.74) is 1.79. The molecule has 1 aliphatic rings. The Bertz CT molecular complexity index is 1210. The summed E-state index contributed by atoms with van der Waals surface area (Å²) >= 11 is 0. The van der Waals surface area contributed by atoms with Gasteiger partial charge in [-0.15, -0.1) is 0 Å². The van der Waals surface area contributed by atoms with Gasteiger partial charge in [-0.2, -0.15) is 9.40 Å². The monoisotopic (exact) mass is 472 g/mol. The van der Waals surface area contributed by atoms with E-state index in [9.17, 15) is 12.8 Å². The highest BCUT2D eigenvalue weighted by Gasteiger charge is 2.32. The van der Waals surface area contributed by atoms with Crippen LogP contribution in [0, 0.1) is 17.7 Å². The Labute approximate surface area is 196 Å². The molecule has 0 amide bonds. The summed E-state index contributed by atoms with van der Waals surface area (Å²) in [6.45, 7) is 11.4. The molecule has 1 saturated heterocycles. The van der Waals surface area contributed by atoms with Crippen molar-refractivity contribution in [2.75, 3.05) is 31.1 Å². The predicted molar refractivity (Wildman–Crippen MR) is 130 cm³/mol. The molecule has 0 radical (unpaired) electrons. The zero-order chi connectivity index (χ0) is 23.8. The maximum Gasteiger partial charge on any atom is 0.243 e. The molecule has 2 aromatic carbocycles. The molecule has 2 unspecified atom stereocenters. The molecular weight excluding hydrogens is 439 g/mol. The van der Waals surface area contributed by atoms with Gasteiger partial charge in [0.05, 0.1) is 17.0 Å². The average molecular weight is 473 g/mol. The fraction of sp³-hybridized carbons (Fsp3) is 0.480. The standard InChI is InChI=1S/C25H33FN4O2S/c1-5-28(6-2)25-23-14-22(33(31,32)29-15-18(3)13-19(4)16-29)11-12-24(23)30(27-25)17-20-7-9-21(26)10-8-20/h7-12,14,18-19H,5-6,13,15-17H2,1-4H3. The Kier molecular flexibility index (Phi) is 6.77. The molecule has 4 rings (SSSR count). The van der Waals surface area contributed by atoms with E-state index in [0.717, 1.165) is 41.8 Å². The smallest absolute Gasteiger partial charge is 0.243 e. The molecule has 1 fully saturated rings. The van der Waals surface area contributed by atoms with Crippen molar-refractivity contribution in [2.24, 2.45) is 11.8 Å². The third-order valence-electron chi connectivity index (χ3n) is 6.48. The molecule has 0 aliphatic carbocycles. The SMILES string of the molecule is CCN(CC)c1nn(Cc2ccc(F)cc2)c2ccc(S(=O)(=O)N3CC(C)CC(C)C3)cc12. The summed E-state index contributed by atoms with van der Waals surface area (Å²) < 4.78 is 43.9. The highest BCUT2D eigenvalue weighted by atomic mass is 32.2. The van der Waals surface area contributed by atoms with Crippen LogP contribution >= 0.6 is 0 Å². The van der Waals surface area contributed by atoms with E-state index in [0.29, 0.717) is 36.4 Å². The van der Waals surface area contributed by atoms with Crippen LogP contribution in [0.25, 0.3) is 10.9 Å². The number of hydrogen-bond donors (Lipinski definition) is 0. The molecular formula is C25H33FN4O2S. The Balaban J connectivity index is 1.78. The number of anilines is 1. The van der Waals surface area contributed by atoms with Crippen LogP contribution in [0.5, 0.6) is 0 Å². The topological polar surface area (TPSA) is 58.4 Å². The first kappa shape index (κ1) is 23.7. The molecule has 178 valence electrons. The van der Waals surface area contributed by atoms with Crippen molar-refractivity contribution in [2.45, 2.75) is 45.6 Å². The van der Waals surface area contributed by atoms with Gasteiger partial charge in [-0.25, -0.2) is 12.8 Å². The normalized spacial score (nSPS) is 19.8. The van der Waals surface area contributed by atoms with Gasteiger partial charge in [0.1, 0.15) is 5.82 Å². The van der Waals surface area contributed by atoms with E-state index in [2.05, 4.69) is 32.6 Å². The largest absolute Gasteiger partial charge is 0.355 e. The van der Waals surface area contributed by atoms with Crippen LogP contribution in [-0.4, -0.2) is 48.7 Å². The first-order chi connectivity index (χ1) is 15.7. The molecule has 0 N–H and O–H groups in total. The molecule has 6 nitrogen and oxygen atoms in total. The fourth-order valence-electron chi connectivity index (χ4n) is 4.89. The van der Waals surface area contributed by atoms with Crippen LogP contribution in [0.2, 0.25) is 0 Å². The molecule has 33 heavy (non-hydrogen) atoms. The third-order valence-corrected chi connectivity index (χ3v) is 8.31. The van der Waals surface area contributed by atoms with Gasteiger partial charge in [0, 0.05) is 31.6 Å². The van der Waals surface area contributed by atoms with Crippen LogP contribution in [0.3, 0.4) is 0 Å². The number of rotatable bonds is 7. The van der Waals surface area contributed by atoms with E-state index in [1.807, 2.05) is 10.7 Å². The number of aromatic nitrogens is 2. The molecule has 0 spiro atoms. The van der Waals surface area contributed by atoms with Gasteiger partial charge in [-0.05, 0) is 68.0 Å². The average Bonchev–Trinajstić information content (AvgIpc) is 3.13. The lowest BCUT2D eigenvalue weighted by molar-refractivity contribution is 0.222. The minimum absolute atomic E-state index is 0.274. The van der Waals surface area contributed by atoms with Crippen LogP contribution in [0.4, 0.5) is 10.2 Å². The number of benzene rings is 2. The van der Waals surface area contributed by atoms with Crippen molar-refractivity contribution in [3.8, 4) is 0 Å². The van der Waals surface area contributed by atoms with Crippen LogP contribution in [0.1, 0.15) is 39.7 Å². The van der Waals surface area contributed by atoms with Crippen molar-refractivity contribution in [3.05, 3.63) is 53.8 Å². The van der Waals surface area contributed by atoms with Crippen molar-refractivity contribution in [1.82, 2.24) is 14.1 Å². The number of hydrogen-bond acceptors (Lipinski definition) is 4. The Hall–Kier alpha value is -2.45. The number of sulfonamides is 1. The minimum atomic E-state index is -3.59. The summed E-state index contributed by atoms with van der Waals surface area (Å²) in [7, 11) is -3.59. The van der Waals surface area contributed by atoms with Gasteiger partial charge in [-0.1, -0.05) is 26.0 Å². The van der Waals surface area contributed by atoms with E-state index >= 15 is 0 Å². The Morgan fingerprint density at radius 1 is 1.03 bits per heavy atom. The lowest BCUT2D eigenvalue weighted by atomic mass is 9.94. The van der Waals surface area contributed by atoms with E-state index in [-0.39, 0.29) is 5.82 Å². The van der Waals surface area contributed by atoms with E-state index in [1.54, 1.807) is 28.6 Å². The van der Waals surface area contributed by atoms with Gasteiger partial charge in [0.15, 0.2) is 5.82 Å². The summed E-state index contributed by atoms with van der Waals surface area (Å²) in [6.07, 6.45) is 1.05. The van der Waals surface area contributed by atoms with Crippen molar-refractivity contribution < 1.29 is 12.8 Å². The predicted octanol–water partition coefficient (Wildman–Crippen LogP) is 4.74. The summed E-state index contributed by atoms with van der Waals surface area (Å²) in [4.78, 5) is 2.44. The summed E-state index contributed by atoms with van der Waals surface area (Å²) in [6, 6.07) is 11.7. The van der Waals surface area contributed by atoms with Gasteiger partial charge in [0.25, 0.3) is 0 Å². The van der Waals surface area contributed by atoms with Crippen LogP contribution in [0.15, 0.2) is 47.4 Å². The highest BCUT2D eigenvalue weighted by Crippen LogP contribution is 2.32. The van der Waals surface area contributed by atoms with Crippen molar-refractivity contribution in [1.29, 1.82) is 0 Å². The summed E-state index contributed by atoms with van der Waals surface area (Å²) in [5.74, 6) is 1.19. The number of halogens is 1. The maximum absolute atomic E-state index is 13.5. The summed E-state index contributed by atoms with van der Waals surface area (Å²) in [5, 5.41) is 5.67. The fourth-order valence-corrected chi connectivity index (χ4v) is 6.60. The Morgan fingerprint density at radius 3 is 2.27 bits per heavy atom. The van der Waals surface area contributed by atoms with E-state index in [1.165, 1.54) is 12.1 Å². The van der Waals surface area contributed by atoms with Crippen LogP contribution in [-0.2, 0) is 16.6 Å². The molecule has 1 aliphatic heterocycles. The van der Waals surface area contributed by atoms with Crippen molar-refractivity contribution >= 4 is 26.7 Å². The number of piperidine rings is 1. The molecule has 0 bridgehead atoms. The van der Waals surface area contributed by atoms with Crippen LogP contribution < -0.4 is 4.90 Å². The second-order valence-corrected chi connectivity index (χ2v) is 11.2. The zero-order valence-electron chi connectivity index (χ0n) is 19.8. The molecule has 1 aromatic heterocycles. The second-order valence-electron chi connectivity index (χ2n) is 9.23. The molecule has 8 heteroatoms. The van der Waals surface area contributed by atoms with Gasteiger partial charge in [-0.3, -0.25) is 4.68 Å². The Morgan fingerprint density at radius 2 is 1.67 bits per heavy atom. The lowest BCUT2D eigenvalue weighted by Crippen LogP contribution is -2.42. The molecule has 3 aromatic rings. The third kappa shape index (κ3) is 4.77. The quantitative estimate of drug-likeness (QED) is 0.499.